The molecule has 1 heterocycles. The van der Waals surface area contributed by atoms with Gasteiger partial charge in [0.1, 0.15) is 0 Å². The maximum atomic E-state index is 5.41. The lowest BCUT2D eigenvalue weighted by atomic mass is 10.1. The molecule has 1 rings (SSSR count). The molecular formula is C9H17NO. The van der Waals surface area contributed by atoms with E-state index >= 15 is 0 Å². The van der Waals surface area contributed by atoms with Crippen molar-refractivity contribution >= 4 is 0 Å². The monoisotopic (exact) mass is 155 g/mol. The van der Waals surface area contributed by atoms with Gasteiger partial charge in [-0.05, 0) is 20.3 Å². The Bertz CT molecular complexity index is 134. The van der Waals surface area contributed by atoms with Crippen LogP contribution in [0.4, 0.5) is 0 Å². The van der Waals surface area contributed by atoms with Gasteiger partial charge in [-0.25, -0.2) is 0 Å². The Hall–Kier alpha value is -0.340. The van der Waals surface area contributed by atoms with Crippen molar-refractivity contribution in [3.05, 3.63) is 12.2 Å². The first-order chi connectivity index (χ1) is 5.34. The summed E-state index contributed by atoms with van der Waals surface area (Å²) in [5, 5.41) is 3.42. The Kier molecular flexibility index (Phi) is 3.60. The lowest BCUT2D eigenvalue weighted by Crippen LogP contribution is -2.34. The number of ether oxygens (including phenoxy) is 1. The van der Waals surface area contributed by atoms with Gasteiger partial charge in [0, 0.05) is 19.2 Å². The molecule has 2 nitrogen and oxygen atoms in total. The SMILES string of the molecule is C/C=C/CNC1CCOC1C. The van der Waals surface area contributed by atoms with Gasteiger partial charge in [-0.2, -0.15) is 0 Å². The summed E-state index contributed by atoms with van der Waals surface area (Å²) in [7, 11) is 0. The molecule has 0 spiro atoms. The summed E-state index contributed by atoms with van der Waals surface area (Å²) in [4.78, 5) is 0. The van der Waals surface area contributed by atoms with E-state index in [-0.39, 0.29) is 0 Å². The predicted octanol–water partition coefficient (Wildman–Crippen LogP) is 1.33. The number of rotatable bonds is 3. The molecule has 0 radical (unpaired) electrons. The van der Waals surface area contributed by atoms with Crippen molar-refractivity contribution in [2.24, 2.45) is 0 Å². The Morgan fingerprint density at radius 2 is 2.45 bits per heavy atom. The average Bonchev–Trinajstić information content (AvgIpc) is 2.37. The lowest BCUT2D eigenvalue weighted by Gasteiger charge is -2.13. The molecule has 1 fully saturated rings. The smallest absolute Gasteiger partial charge is 0.0700 e. The molecule has 0 bridgehead atoms. The van der Waals surface area contributed by atoms with Crippen LogP contribution >= 0.6 is 0 Å². The van der Waals surface area contributed by atoms with E-state index in [1.54, 1.807) is 0 Å². The molecule has 0 amide bonds. The normalized spacial score (nSPS) is 31.8. The second-order valence-electron chi connectivity index (χ2n) is 2.95. The molecule has 0 aromatic carbocycles. The fraction of sp³-hybridized carbons (Fsp3) is 0.778. The molecule has 1 saturated heterocycles. The van der Waals surface area contributed by atoms with Crippen LogP contribution in [0.3, 0.4) is 0 Å². The van der Waals surface area contributed by atoms with Gasteiger partial charge in [-0.1, -0.05) is 12.2 Å². The maximum Gasteiger partial charge on any atom is 0.0700 e. The van der Waals surface area contributed by atoms with Gasteiger partial charge in [0.15, 0.2) is 0 Å². The Labute approximate surface area is 68.6 Å². The third-order valence-electron chi connectivity index (χ3n) is 2.11. The first kappa shape index (κ1) is 8.75. The topological polar surface area (TPSA) is 21.3 Å². The minimum atomic E-state index is 0.389. The third-order valence-corrected chi connectivity index (χ3v) is 2.11. The Morgan fingerprint density at radius 1 is 1.64 bits per heavy atom. The second-order valence-corrected chi connectivity index (χ2v) is 2.95. The van der Waals surface area contributed by atoms with Crippen molar-refractivity contribution in [3.63, 3.8) is 0 Å². The van der Waals surface area contributed by atoms with Crippen molar-refractivity contribution in [2.45, 2.75) is 32.4 Å². The molecule has 0 saturated carbocycles. The van der Waals surface area contributed by atoms with E-state index in [0.717, 1.165) is 19.6 Å². The number of hydrogen-bond acceptors (Lipinski definition) is 2. The summed E-state index contributed by atoms with van der Waals surface area (Å²) in [6, 6.07) is 0.561. The average molecular weight is 155 g/mol. The Balaban J connectivity index is 2.15. The molecule has 2 atom stereocenters. The Morgan fingerprint density at radius 3 is 3.00 bits per heavy atom. The quantitative estimate of drug-likeness (QED) is 0.621. The van der Waals surface area contributed by atoms with Gasteiger partial charge < -0.3 is 10.1 Å². The molecule has 2 unspecified atom stereocenters. The van der Waals surface area contributed by atoms with Crippen LogP contribution in [-0.4, -0.2) is 25.3 Å². The highest BCUT2D eigenvalue weighted by Crippen LogP contribution is 2.11. The van der Waals surface area contributed by atoms with Crippen LogP contribution in [0.15, 0.2) is 12.2 Å². The molecule has 2 heteroatoms. The lowest BCUT2D eigenvalue weighted by molar-refractivity contribution is 0.114. The molecule has 1 N–H and O–H groups in total. The van der Waals surface area contributed by atoms with E-state index < -0.39 is 0 Å². The molecule has 1 aliphatic heterocycles. The van der Waals surface area contributed by atoms with Crippen LogP contribution in [0.2, 0.25) is 0 Å². The predicted molar refractivity (Wildman–Crippen MR) is 46.6 cm³/mol. The van der Waals surface area contributed by atoms with Crippen molar-refractivity contribution in [1.82, 2.24) is 5.32 Å². The molecular weight excluding hydrogens is 138 g/mol. The van der Waals surface area contributed by atoms with E-state index in [9.17, 15) is 0 Å². The van der Waals surface area contributed by atoms with E-state index in [1.807, 2.05) is 6.92 Å². The zero-order chi connectivity index (χ0) is 8.10. The van der Waals surface area contributed by atoms with E-state index in [2.05, 4.69) is 24.4 Å². The summed E-state index contributed by atoms with van der Waals surface area (Å²) in [6.45, 7) is 6.04. The zero-order valence-electron chi connectivity index (χ0n) is 7.34. The zero-order valence-corrected chi connectivity index (χ0v) is 7.34. The third kappa shape index (κ3) is 2.64. The summed E-state index contributed by atoms with van der Waals surface area (Å²) >= 11 is 0. The fourth-order valence-electron chi connectivity index (χ4n) is 1.34. The molecule has 0 aromatic heterocycles. The second kappa shape index (κ2) is 4.52. The van der Waals surface area contributed by atoms with E-state index in [1.165, 1.54) is 0 Å². The standard InChI is InChI=1S/C9H17NO/c1-3-4-6-10-9-5-7-11-8(9)2/h3-4,8-10H,5-7H2,1-2H3/b4-3+. The number of allylic oxidation sites excluding steroid dienone is 1. The van der Waals surface area contributed by atoms with Crippen LogP contribution in [0.5, 0.6) is 0 Å². The van der Waals surface area contributed by atoms with Crippen molar-refractivity contribution in [1.29, 1.82) is 0 Å². The molecule has 0 aliphatic carbocycles. The van der Waals surface area contributed by atoms with Gasteiger partial charge in [0.05, 0.1) is 6.10 Å². The summed E-state index contributed by atoms with van der Waals surface area (Å²) < 4.78 is 5.41. The highest BCUT2D eigenvalue weighted by molar-refractivity contribution is 4.85. The first-order valence-corrected chi connectivity index (χ1v) is 4.30. The molecule has 0 aromatic rings. The van der Waals surface area contributed by atoms with E-state index in [4.69, 9.17) is 4.74 Å². The molecule has 1 aliphatic rings. The first-order valence-electron chi connectivity index (χ1n) is 4.30. The van der Waals surface area contributed by atoms with Gasteiger partial charge in [0.2, 0.25) is 0 Å². The molecule has 64 valence electrons. The minimum absolute atomic E-state index is 0.389. The minimum Gasteiger partial charge on any atom is -0.377 e. The number of nitrogens with one attached hydrogen (secondary N) is 1. The number of hydrogen-bond donors (Lipinski definition) is 1. The van der Waals surface area contributed by atoms with Gasteiger partial charge in [-0.15, -0.1) is 0 Å². The van der Waals surface area contributed by atoms with Gasteiger partial charge in [0.25, 0.3) is 0 Å². The highest BCUT2D eigenvalue weighted by atomic mass is 16.5. The van der Waals surface area contributed by atoms with Crippen LogP contribution in [0, 0.1) is 0 Å². The summed E-state index contributed by atoms with van der Waals surface area (Å²) in [6.07, 6.45) is 5.73. The largest absolute Gasteiger partial charge is 0.377 e. The summed E-state index contributed by atoms with van der Waals surface area (Å²) in [5.41, 5.74) is 0. The van der Waals surface area contributed by atoms with Crippen molar-refractivity contribution in [2.75, 3.05) is 13.2 Å². The molecule has 11 heavy (non-hydrogen) atoms. The van der Waals surface area contributed by atoms with Crippen LogP contribution in [-0.2, 0) is 4.74 Å². The van der Waals surface area contributed by atoms with E-state index in [0.29, 0.717) is 12.1 Å². The van der Waals surface area contributed by atoms with Crippen molar-refractivity contribution < 1.29 is 4.74 Å². The van der Waals surface area contributed by atoms with Crippen LogP contribution in [0.25, 0.3) is 0 Å². The maximum absolute atomic E-state index is 5.41. The van der Waals surface area contributed by atoms with Crippen LogP contribution in [0.1, 0.15) is 20.3 Å². The highest BCUT2D eigenvalue weighted by Gasteiger charge is 2.22. The van der Waals surface area contributed by atoms with Crippen molar-refractivity contribution in [3.8, 4) is 0 Å². The van der Waals surface area contributed by atoms with Gasteiger partial charge in [-0.3, -0.25) is 0 Å². The fourth-order valence-corrected chi connectivity index (χ4v) is 1.34. The van der Waals surface area contributed by atoms with Crippen LogP contribution < -0.4 is 5.32 Å². The summed E-state index contributed by atoms with van der Waals surface area (Å²) in [5.74, 6) is 0. The van der Waals surface area contributed by atoms with Gasteiger partial charge >= 0.3 is 0 Å².